The molecule has 0 aliphatic heterocycles. The van der Waals surface area contributed by atoms with Crippen LogP contribution in [0.4, 0.5) is 5.82 Å². The first-order valence-corrected chi connectivity index (χ1v) is 5.81. The summed E-state index contributed by atoms with van der Waals surface area (Å²) < 4.78 is 2.16. The van der Waals surface area contributed by atoms with Crippen molar-refractivity contribution in [3.63, 3.8) is 0 Å². The smallest absolute Gasteiger partial charge is 0.165 e. The summed E-state index contributed by atoms with van der Waals surface area (Å²) in [5.74, 6) is 0.853. The van der Waals surface area contributed by atoms with E-state index >= 15 is 0 Å². The lowest BCUT2D eigenvalue weighted by Crippen LogP contribution is -2.03. The minimum Gasteiger partial charge on any atom is -0.368 e. The summed E-state index contributed by atoms with van der Waals surface area (Å²) in [5.41, 5.74) is 1.85. The van der Waals surface area contributed by atoms with Gasteiger partial charge in [0.2, 0.25) is 0 Å². The SMILES string of the molecule is CCCNc1ncnc2c1ncn2C1CC1. The molecule has 2 heterocycles. The van der Waals surface area contributed by atoms with Crippen LogP contribution in [0.1, 0.15) is 32.2 Å². The molecule has 0 bridgehead atoms. The Morgan fingerprint density at radius 3 is 3.00 bits per heavy atom. The Bertz CT molecular complexity index is 500. The van der Waals surface area contributed by atoms with E-state index in [0.717, 1.165) is 29.9 Å². The topological polar surface area (TPSA) is 55.6 Å². The fourth-order valence-corrected chi connectivity index (χ4v) is 1.84. The molecule has 2 aromatic heterocycles. The molecule has 0 atom stereocenters. The standard InChI is InChI=1S/C11H15N5/c1-2-5-12-10-9-11(14-6-13-10)16(7-15-9)8-3-4-8/h6-8H,2-5H2,1H3,(H,12,13,14). The van der Waals surface area contributed by atoms with Gasteiger partial charge in [0.05, 0.1) is 6.33 Å². The molecule has 1 aliphatic rings. The number of hydrogen-bond donors (Lipinski definition) is 1. The van der Waals surface area contributed by atoms with Gasteiger partial charge in [-0.1, -0.05) is 6.92 Å². The van der Waals surface area contributed by atoms with Gasteiger partial charge in [-0.15, -0.1) is 0 Å². The van der Waals surface area contributed by atoms with E-state index in [1.165, 1.54) is 12.8 Å². The number of nitrogens with zero attached hydrogens (tertiary/aromatic N) is 4. The molecule has 0 aromatic carbocycles. The van der Waals surface area contributed by atoms with Gasteiger partial charge in [-0.2, -0.15) is 0 Å². The van der Waals surface area contributed by atoms with Gasteiger partial charge in [0.15, 0.2) is 11.5 Å². The van der Waals surface area contributed by atoms with Crippen LogP contribution in [-0.4, -0.2) is 26.1 Å². The van der Waals surface area contributed by atoms with Gasteiger partial charge in [-0.25, -0.2) is 15.0 Å². The van der Waals surface area contributed by atoms with E-state index in [9.17, 15) is 0 Å². The maximum absolute atomic E-state index is 4.41. The number of nitrogens with one attached hydrogen (secondary N) is 1. The van der Waals surface area contributed by atoms with E-state index in [0.29, 0.717) is 6.04 Å². The Hall–Kier alpha value is -1.65. The summed E-state index contributed by atoms with van der Waals surface area (Å²) in [4.78, 5) is 13.0. The Labute approximate surface area is 93.9 Å². The Morgan fingerprint density at radius 1 is 1.38 bits per heavy atom. The van der Waals surface area contributed by atoms with Crippen molar-refractivity contribution in [2.45, 2.75) is 32.2 Å². The van der Waals surface area contributed by atoms with Gasteiger partial charge in [-0.05, 0) is 19.3 Å². The Balaban J connectivity index is 2.02. The molecular weight excluding hydrogens is 202 g/mol. The minimum absolute atomic E-state index is 0.610. The van der Waals surface area contributed by atoms with Gasteiger partial charge < -0.3 is 9.88 Å². The number of fused-ring (bicyclic) bond motifs is 1. The molecular formula is C11H15N5. The maximum atomic E-state index is 4.41. The summed E-state index contributed by atoms with van der Waals surface area (Å²) in [5, 5.41) is 3.28. The second-order valence-electron chi connectivity index (χ2n) is 4.20. The number of hydrogen-bond acceptors (Lipinski definition) is 4. The number of anilines is 1. The summed E-state index contributed by atoms with van der Waals surface area (Å²) in [6.45, 7) is 3.05. The monoisotopic (exact) mass is 217 g/mol. The molecule has 1 aliphatic carbocycles. The molecule has 5 heteroatoms. The molecule has 5 nitrogen and oxygen atoms in total. The van der Waals surface area contributed by atoms with Gasteiger partial charge >= 0.3 is 0 Å². The molecule has 0 saturated heterocycles. The molecule has 0 radical (unpaired) electrons. The van der Waals surface area contributed by atoms with Crippen molar-refractivity contribution in [1.82, 2.24) is 19.5 Å². The van der Waals surface area contributed by atoms with Crippen molar-refractivity contribution < 1.29 is 0 Å². The van der Waals surface area contributed by atoms with E-state index in [2.05, 4.69) is 31.8 Å². The van der Waals surface area contributed by atoms with Crippen LogP contribution in [0.3, 0.4) is 0 Å². The largest absolute Gasteiger partial charge is 0.368 e. The Kier molecular flexibility index (Phi) is 2.23. The van der Waals surface area contributed by atoms with Gasteiger partial charge in [0.1, 0.15) is 11.8 Å². The average molecular weight is 217 g/mol. The fourth-order valence-electron chi connectivity index (χ4n) is 1.84. The van der Waals surface area contributed by atoms with Crippen molar-refractivity contribution >= 4 is 17.0 Å². The highest BCUT2D eigenvalue weighted by atomic mass is 15.2. The van der Waals surface area contributed by atoms with Crippen molar-refractivity contribution in [2.24, 2.45) is 0 Å². The van der Waals surface area contributed by atoms with Gasteiger partial charge in [0.25, 0.3) is 0 Å². The first-order valence-electron chi connectivity index (χ1n) is 5.81. The third-order valence-corrected chi connectivity index (χ3v) is 2.84. The van der Waals surface area contributed by atoms with Crippen LogP contribution in [0.5, 0.6) is 0 Å². The van der Waals surface area contributed by atoms with Crippen LogP contribution in [0, 0.1) is 0 Å². The molecule has 84 valence electrons. The van der Waals surface area contributed by atoms with E-state index in [1.54, 1.807) is 6.33 Å². The van der Waals surface area contributed by atoms with Crippen LogP contribution in [0.25, 0.3) is 11.2 Å². The zero-order valence-corrected chi connectivity index (χ0v) is 9.35. The summed E-state index contributed by atoms with van der Waals surface area (Å²) >= 11 is 0. The predicted molar refractivity (Wildman–Crippen MR) is 62.4 cm³/mol. The van der Waals surface area contributed by atoms with Crippen molar-refractivity contribution in [2.75, 3.05) is 11.9 Å². The lowest BCUT2D eigenvalue weighted by molar-refractivity contribution is 0.756. The highest BCUT2D eigenvalue weighted by Gasteiger charge is 2.26. The van der Waals surface area contributed by atoms with Crippen LogP contribution >= 0.6 is 0 Å². The lowest BCUT2D eigenvalue weighted by atomic mass is 10.4. The maximum Gasteiger partial charge on any atom is 0.165 e. The van der Waals surface area contributed by atoms with Crippen molar-refractivity contribution in [3.8, 4) is 0 Å². The molecule has 0 spiro atoms. The van der Waals surface area contributed by atoms with E-state index in [4.69, 9.17) is 0 Å². The number of aromatic nitrogens is 4. The third-order valence-electron chi connectivity index (χ3n) is 2.84. The van der Waals surface area contributed by atoms with E-state index in [1.807, 2.05) is 6.33 Å². The second kappa shape index (κ2) is 3.73. The minimum atomic E-state index is 0.610. The summed E-state index contributed by atoms with van der Waals surface area (Å²) in [7, 11) is 0. The molecule has 1 saturated carbocycles. The van der Waals surface area contributed by atoms with Crippen molar-refractivity contribution in [1.29, 1.82) is 0 Å². The molecule has 2 aromatic rings. The zero-order valence-electron chi connectivity index (χ0n) is 9.35. The highest BCUT2D eigenvalue weighted by molar-refractivity contribution is 5.82. The Morgan fingerprint density at radius 2 is 2.25 bits per heavy atom. The van der Waals surface area contributed by atoms with Gasteiger partial charge in [-0.3, -0.25) is 0 Å². The first kappa shape index (κ1) is 9.57. The quantitative estimate of drug-likeness (QED) is 0.850. The van der Waals surface area contributed by atoms with E-state index in [-0.39, 0.29) is 0 Å². The van der Waals surface area contributed by atoms with Crippen LogP contribution in [0.2, 0.25) is 0 Å². The lowest BCUT2D eigenvalue weighted by Gasteiger charge is -2.04. The molecule has 3 rings (SSSR count). The second-order valence-corrected chi connectivity index (χ2v) is 4.20. The number of imidazole rings is 1. The normalized spacial score (nSPS) is 15.6. The third kappa shape index (κ3) is 1.52. The summed E-state index contributed by atoms with van der Waals surface area (Å²) in [6.07, 6.45) is 7.06. The van der Waals surface area contributed by atoms with Crippen LogP contribution in [-0.2, 0) is 0 Å². The molecule has 0 unspecified atom stereocenters. The molecule has 16 heavy (non-hydrogen) atoms. The van der Waals surface area contributed by atoms with Crippen LogP contribution < -0.4 is 5.32 Å². The van der Waals surface area contributed by atoms with Gasteiger partial charge in [0, 0.05) is 12.6 Å². The predicted octanol–water partition coefficient (Wildman–Crippen LogP) is 1.98. The average Bonchev–Trinajstić information content (AvgIpc) is 3.06. The summed E-state index contributed by atoms with van der Waals surface area (Å²) in [6, 6.07) is 0.610. The zero-order chi connectivity index (χ0) is 11.0. The molecule has 1 N–H and O–H groups in total. The molecule has 0 amide bonds. The van der Waals surface area contributed by atoms with Crippen LogP contribution in [0.15, 0.2) is 12.7 Å². The highest BCUT2D eigenvalue weighted by Crippen LogP contribution is 2.37. The van der Waals surface area contributed by atoms with E-state index < -0.39 is 0 Å². The molecule has 1 fully saturated rings. The first-order chi connectivity index (χ1) is 7.90. The fraction of sp³-hybridized carbons (Fsp3) is 0.545. The van der Waals surface area contributed by atoms with Crippen molar-refractivity contribution in [3.05, 3.63) is 12.7 Å². The number of rotatable bonds is 4.